The molecule has 1 heterocycles. The molecule has 0 amide bonds. The first-order chi connectivity index (χ1) is 6.72. The van der Waals surface area contributed by atoms with Crippen molar-refractivity contribution in [2.45, 2.75) is 57.4 Å². The average molecular weight is 195 g/mol. The molecule has 2 nitrogen and oxygen atoms in total. The molecule has 2 rings (SSSR count). The van der Waals surface area contributed by atoms with E-state index in [9.17, 15) is 4.79 Å². The van der Waals surface area contributed by atoms with Crippen LogP contribution in [0.2, 0.25) is 0 Å². The minimum atomic E-state index is -0.179. The molecule has 1 saturated heterocycles. The fourth-order valence-corrected chi connectivity index (χ4v) is 2.92. The zero-order valence-electron chi connectivity index (χ0n) is 9.14. The van der Waals surface area contributed by atoms with Crippen molar-refractivity contribution in [2.75, 3.05) is 6.54 Å². The molecular formula is C12H21NO. The van der Waals surface area contributed by atoms with Crippen LogP contribution < -0.4 is 5.32 Å². The zero-order chi connectivity index (χ0) is 10.0. The predicted molar refractivity (Wildman–Crippen MR) is 57.2 cm³/mol. The standard InChI is InChI=1S/C12H21NO/c1-12(8-5-9-13-12)11(14)10-6-3-2-4-7-10/h10,13H,2-9H2,1H3. The summed E-state index contributed by atoms with van der Waals surface area (Å²) in [6.45, 7) is 3.12. The second-order valence-electron chi connectivity index (χ2n) is 5.06. The molecule has 0 aromatic heterocycles. The van der Waals surface area contributed by atoms with Crippen molar-refractivity contribution in [3.63, 3.8) is 0 Å². The summed E-state index contributed by atoms with van der Waals surface area (Å²) in [6, 6.07) is 0. The lowest BCUT2D eigenvalue weighted by molar-refractivity contribution is -0.129. The first-order valence-corrected chi connectivity index (χ1v) is 6.02. The number of nitrogens with one attached hydrogen (secondary N) is 1. The van der Waals surface area contributed by atoms with Gasteiger partial charge in [-0.2, -0.15) is 0 Å². The van der Waals surface area contributed by atoms with Crippen LogP contribution in [0.25, 0.3) is 0 Å². The fourth-order valence-electron chi connectivity index (χ4n) is 2.92. The van der Waals surface area contributed by atoms with Crippen LogP contribution in [0.4, 0.5) is 0 Å². The Morgan fingerprint density at radius 3 is 2.50 bits per heavy atom. The van der Waals surface area contributed by atoms with Crippen LogP contribution in [-0.2, 0) is 4.79 Å². The Bertz CT molecular complexity index is 212. The normalized spacial score (nSPS) is 34.6. The van der Waals surface area contributed by atoms with Gasteiger partial charge >= 0.3 is 0 Å². The van der Waals surface area contributed by atoms with E-state index in [0.29, 0.717) is 11.7 Å². The summed E-state index contributed by atoms with van der Waals surface area (Å²) in [7, 11) is 0. The lowest BCUT2D eigenvalue weighted by Gasteiger charge is -2.30. The number of ketones is 1. The first-order valence-electron chi connectivity index (χ1n) is 6.02. The molecule has 2 aliphatic rings. The van der Waals surface area contributed by atoms with E-state index in [4.69, 9.17) is 0 Å². The highest BCUT2D eigenvalue weighted by Gasteiger charge is 2.39. The van der Waals surface area contributed by atoms with Crippen molar-refractivity contribution in [3.05, 3.63) is 0 Å². The molecule has 1 saturated carbocycles. The van der Waals surface area contributed by atoms with Crippen LogP contribution >= 0.6 is 0 Å². The summed E-state index contributed by atoms with van der Waals surface area (Å²) in [5, 5.41) is 3.38. The molecule has 1 aliphatic heterocycles. The molecule has 0 aromatic rings. The molecule has 14 heavy (non-hydrogen) atoms. The van der Waals surface area contributed by atoms with Gasteiger partial charge in [0.05, 0.1) is 5.54 Å². The van der Waals surface area contributed by atoms with Crippen molar-refractivity contribution >= 4 is 5.78 Å². The van der Waals surface area contributed by atoms with Crippen LogP contribution in [0.15, 0.2) is 0 Å². The molecule has 0 bridgehead atoms. The summed E-state index contributed by atoms with van der Waals surface area (Å²) in [5.74, 6) is 0.856. The smallest absolute Gasteiger partial charge is 0.155 e. The van der Waals surface area contributed by atoms with Crippen molar-refractivity contribution in [1.82, 2.24) is 5.32 Å². The first kappa shape index (κ1) is 10.2. The molecule has 2 heteroatoms. The van der Waals surface area contributed by atoms with E-state index in [-0.39, 0.29) is 5.54 Å². The van der Waals surface area contributed by atoms with Gasteiger partial charge < -0.3 is 5.32 Å². The third kappa shape index (κ3) is 1.85. The lowest BCUT2D eigenvalue weighted by atomic mass is 9.78. The largest absolute Gasteiger partial charge is 0.305 e. The van der Waals surface area contributed by atoms with Gasteiger partial charge in [0.2, 0.25) is 0 Å². The summed E-state index contributed by atoms with van der Waals surface area (Å²) in [4.78, 5) is 12.3. The summed E-state index contributed by atoms with van der Waals surface area (Å²) < 4.78 is 0. The third-order valence-electron chi connectivity index (χ3n) is 3.89. The zero-order valence-corrected chi connectivity index (χ0v) is 9.14. The Morgan fingerprint density at radius 1 is 1.21 bits per heavy atom. The number of rotatable bonds is 2. The van der Waals surface area contributed by atoms with Gasteiger partial charge in [-0.25, -0.2) is 0 Å². The van der Waals surface area contributed by atoms with Crippen LogP contribution in [0, 0.1) is 5.92 Å². The van der Waals surface area contributed by atoms with Crippen LogP contribution in [0.1, 0.15) is 51.9 Å². The number of carbonyl (C=O) groups is 1. The quantitative estimate of drug-likeness (QED) is 0.732. The second-order valence-corrected chi connectivity index (χ2v) is 5.06. The molecule has 0 spiro atoms. The third-order valence-corrected chi connectivity index (χ3v) is 3.89. The topological polar surface area (TPSA) is 29.1 Å². The number of hydrogen-bond acceptors (Lipinski definition) is 2. The van der Waals surface area contributed by atoms with E-state index in [0.717, 1.165) is 32.2 Å². The average Bonchev–Trinajstić information content (AvgIpc) is 2.67. The molecule has 80 valence electrons. The predicted octanol–water partition coefficient (Wildman–Crippen LogP) is 2.28. The van der Waals surface area contributed by atoms with E-state index >= 15 is 0 Å². The van der Waals surface area contributed by atoms with Gasteiger partial charge in [0, 0.05) is 5.92 Å². The van der Waals surface area contributed by atoms with Crippen LogP contribution in [0.5, 0.6) is 0 Å². The molecular weight excluding hydrogens is 174 g/mol. The van der Waals surface area contributed by atoms with E-state index in [2.05, 4.69) is 12.2 Å². The van der Waals surface area contributed by atoms with Gasteiger partial charge in [-0.1, -0.05) is 19.3 Å². The molecule has 0 radical (unpaired) electrons. The van der Waals surface area contributed by atoms with Gasteiger partial charge in [0.1, 0.15) is 0 Å². The highest BCUT2D eigenvalue weighted by atomic mass is 16.1. The second kappa shape index (κ2) is 4.01. The van der Waals surface area contributed by atoms with Crippen LogP contribution in [0.3, 0.4) is 0 Å². The van der Waals surface area contributed by atoms with E-state index in [1.807, 2.05) is 0 Å². The highest BCUT2D eigenvalue weighted by molar-refractivity contribution is 5.90. The Labute approximate surface area is 86.5 Å². The minimum Gasteiger partial charge on any atom is -0.305 e. The fraction of sp³-hybridized carbons (Fsp3) is 0.917. The van der Waals surface area contributed by atoms with Gasteiger partial charge in [0.15, 0.2) is 5.78 Å². The Morgan fingerprint density at radius 2 is 1.93 bits per heavy atom. The molecule has 1 unspecified atom stereocenters. The van der Waals surface area contributed by atoms with E-state index < -0.39 is 0 Å². The van der Waals surface area contributed by atoms with Crippen molar-refractivity contribution < 1.29 is 4.79 Å². The highest BCUT2D eigenvalue weighted by Crippen LogP contribution is 2.31. The van der Waals surface area contributed by atoms with Crippen molar-refractivity contribution in [2.24, 2.45) is 5.92 Å². The Balaban J connectivity index is 1.98. The Kier molecular flexibility index (Phi) is 2.91. The SMILES string of the molecule is CC1(C(=O)C2CCCCC2)CCCN1. The molecule has 1 atom stereocenters. The summed E-state index contributed by atoms with van der Waals surface area (Å²) >= 11 is 0. The number of Topliss-reactive ketones (excluding diaryl/α,β-unsaturated/α-hetero) is 1. The van der Waals surface area contributed by atoms with Gasteiger partial charge in [0.25, 0.3) is 0 Å². The van der Waals surface area contributed by atoms with Crippen LogP contribution in [-0.4, -0.2) is 17.9 Å². The van der Waals surface area contributed by atoms with Gasteiger partial charge in [-0.05, 0) is 39.2 Å². The molecule has 0 aromatic carbocycles. The maximum Gasteiger partial charge on any atom is 0.155 e. The van der Waals surface area contributed by atoms with E-state index in [1.165, 1.54) is 19.3 Å². The maximum absolute atomic E-state index is 12.3. The monoisotopic (exact) mass is 195 g/mol. The maximum atomic E-state index is 12.3. The van der Waals surface area contributed by atoms with E-state index in [1.54, 1.807) is 0 Å². The molecule has 2 fully saturated rings. The Hall–Kier alpha value is -0.370. The summed E-state index contributed by atoms with van der Waals surface area (Å²) in [5.41, 5.74) is -0.179. The molecule has 1 aliphatic carbocycles. The summed E-state index contributed by atoms with van der Waals surface area (Å²) in [6.07, 6.45) is 8.32. The minimum absolute atomic E-state index is 0.179. The van der Waals surface area contributed by atoms with Crippen molar-refractivity contribution in [3.8, 4) is 0 Å². The van der Waals surface area contributed by atoms with Gasteiger partial charge in [-0.3, -0.25) is 4.79 Å². The lowest BCUT2D eigenvalue weighted by Crippen LogP contribution is -2.48. The molecule has 1 N–H and O–H groups in total. The number of carbonyl (C=O) groups excluding carboxylic acids is 1. The number of hydrogen-bond donors (Lipinski definition) is 1. The van der Waals surface area contributed by atoms with Gasteiger partial charge in [-0.15, -0.1) is 0 Å². The van der Waals surface area contributed by atoms with Crippen molar-refractivity contribution in [1.29, 1.82) is 0 Å².